The lowest BCUT2D eigenvalue weighted by molar-refractivity contribution is -0.118. The largest absolute Gasteiger partial charge is 0.398 e. The van der Waals surface area contributed by atoms with E-state index in [2.05, 4.69) is 0 Å². The number of ketones is 1. The third-order valence-corrected chi connectivity index (χ3v) is 2.59. The van der Waals surface area contributed by atoms with E-state index in [0.717, 1.165) is 16.7 Å². The van der Waals surface area contributed by atoms with Crippen molar-refractivity contribution in [3.05, 3.63) is 28.8 Å². The molecule has 1 atom stereocenters. The molecule has 0 radical (unpaired) electrons. The topological polar surface area (TPSA) is 69.1 Å². The van der Waals surface area contributed by atoms with Gasteiger partial charge in [0.15, 0.2) is 5.78 Å². The lowest BCUT2D eigenvalue weighted by atomic mass is 9.97. The minimum Gasteiger partial charge on any atom is -0.398 e. The van der Waals surface area contributed by atoms with Crippen molar-refractivity contribution in [2.24, 2.45) is 5.73 Å². The van der Waals surface area contributed by atoms with Crippen molar-refractivity contribution in [3.63, 3.8) is 0 Å². The number of carbonyl (C=O) groups excluding carboxylic acids is 1. The zero-order valence-electron chi connectivity index (χ0n) is 8.79. The SMILES string of the molecule is CC(=O)C(N)c1ccc(C)c(C)c1N. The Bertz CT molecular complexity index is 372. The predicted octanol–water partition coefficient (Wildman–Crippen LogP) is 1.47. The van der Waals surface area contributed by atoms with E-state index < -0.39 is 6.04 Å². The number of hydrogen-bond acceptors (Lipinski definition) is 3. The van der Waals surface area contributed by atoms with Gasteiger partial charge >= 0.3 is 0 Å². The van der Waals surface area contributed by atoms with Gasteiger partial charge < -0.3 is 11.5 Å². The first-order valence-corrected chi connectivity index (χ1v) is 4.56. The molecule has 0 aromatic heterocycles. The second kappa shape index (κ2) is 3.80. The fraction of sp³-hybridized carbons (Fsp3) is 0.364. The van der Waals surface area contributed by atoms with Crippen LogP contribution < -0.4 is 11.5 Å². The molecule has 0 spiro atoms. The van der Waals surface area contributed by atoms with E-state index in [-0.39, 0.29) is 5.78 Å². The molecule has 1 aromatic carbocycles. The van der Waals surface area contributed by atoms with E-state index in [4.69, 9.17) is 11.5 Å². The molecule has 1 aromatic rings. The highest BCUT2D eigenvalue weighted by Crippen LogP contribution is 2.25. The lowest BCUT2D eigenvalue weighted by Gasteiger charge is -2.14. The van der Waals surface area contributed by atoms with Crippen LogP contribution in [0.15, 0.2) is 12.1 Å². The number of nitrogen functional groups attached to an aromatic ring is 1. The summed E-state index contributed by atoms with van der Waals surface area (Å²) in [4.78, 5) is 11.1. The van der Waals surface area contributed by atoms with Crippen LogP contribution in [0.1, 0.15) is 29.7 Å². The van der Waals surface area contributed by atoms with Gasteiger partial charge in [-0.3, -0.25) is 4.79 Å². The van der Waals surface area contributed by atoms with E-state index in [9.17, 15) is 4.79 Å². The molecule has 0 saturated carbocycles. The Morgan fingerprint density at radius 1 is 1.36 bits per heavy atom. The van der Waals surface area contributed by atoms with Crippen molar-refractivity contribution in [2.75, 3.05) is 5.73 Å². The Morgan fingerprint density at radius 3 is 2.43 bits per heavy atom. The number of anilines is 1. The highest BCUT2D eigenvalue weighted by Gasteiger charge is 2.15. The maximum absolute atomic E-state index is 11.1. The molecule has 1 rings (SSSR count). The van der Waals surface area contributed by atoms with Crippen molar-refractivity contribution in [3.8, 4) is 0 Å². The van der Waals surface area contributed by atoms with Gasteiger partial charge in [0, 0.05) is 5.69 Å². The number of hydrogen-bond donors (Lipinski definition) is 2. The Morgan fingerprint density at radius 2 is 1.93 bits per heavy atom. The molecule has 0 aliphatic carbocycles. The third-order valence-electron chi connectivity index (χ3n) is 2.59. The first kappa shape index (κ1) is 10.7. The van der Waals surface area contributed by atoms with E-state index in [0.29, 0.717) is 5.69 Å². The average molecular weight is 192 g/mol. The van der Waals surface area contributed by atoms with E-state index in [1.54, 1.807) is 0 Å². The summed E-state index contributed by atoms with van der Waals surface area (Å²) in [7, 11) is 0. The Labute approximate surface area is 84.1 Å². The summed E-state index contributed by atoms with van der Waals surface area (Å²) in [6.07, 6.45) is 0. The van der Waals surface area contributed by atoms with Crippen LogP contribution in [0, 0.1) is 13.8 Å². The van der Waals surface area contributed by atoms with Crippen LogP contribution in [0.5, 0.6) is 0 Å². The Kier molecular flexibility index (Phi) is 2.91. The highest BCUT2D eigenvalue weighted by molar-refractivity contribution is 5.84. The minimum atomic E-state index is -0.603. The molecular formula is C11H16N2O. The maximum Gasteiger partial charge on any atom is 0.151 e. The number of benzene rings is 1. The zero-order chi connectivity index (χ0) is 10.9. The molecule has 0 amide bonds. The summed E-state index contributed by atoms with van der Waals surface area (Å²) in [5.41, 5.74) is 15.1. The molecular weight excluding hydrogens is 176 g/mol. The molecule has 3 heteroatoms. The molecule has 4 N–H and O–H groups in total. The average Bonchev–Trinajstić information content (AvgIpc) is 2.13. The fourth-order valence-corrected chi connectivity index (χ4v) is 1.35. The standard InChI is InChI=1S/C11H16N2O/c1-6-4-5-9(10(12)7(6)2)11(13)8(3)14/h4-5,11H,12-13H2,1-3H3. The van der Waals surface area contributed by atoms with Gasteiger partial charge in [0.2, 0.25) is 0 Å². The minimum absolute atomic E-state index is 0.0695. The predicted molar refractivity (Wildman–Crippen MR) is 57.9 cm³/mol. The van der Waals surface area contributed by atoms with Crippen molar-refractivity contribution >= 4 is 11.5 Å². The van der Waals surface area contributed by atoms with Gasteiger partial charge in [0.25, 0.3) is 0 Å². The van der Waals surface area contributed by atoms with Crippen LogP contribution in [0.25, 0.3) is 0 Å². The summed E-state index contributed by atoms with van der Waals surface area (Å²) in [5.74, 6) is -0.0695. The molecule has 0 heterocycles. The van der Waals surface area contributed by atoms with Gasteiger partial charge in [0.05, 0.1) is 6.04 Å². The van der Waals surface area contributed by atoms with Crippen LogP contribution in [-0.2, 0) is 4.79 Å². The van der Waals surface area contributed by atoms with Crippen LogP contribution >= 0.6 is 0 Å². The van der Waals surface area contributed by atoms with Crippen LogP contribution in [0.4, 0.5) is 5.69 Å². The van der Waals surface area contributed by atoms with Gasteiger partial charge in [-0.25, -0.2) is 0 Å². The van der Waals surface area contributed by atoms with Gasteiger partial charge in [0.1, 0.15) is 0 Å². The molecule has 0 saturated heterocycles. The molecule has 0 fully saturated rings. The Balaban J connectivity index is 3.24. The summed E-state index contributed by atoms with van der Waals surface area (Å²) in [6, 6.07) is 3.15. The second-order valence-electron chi connectivity index (χ2n) is 3.60. The van der Waals surface area contributed by atoms with E-state index in [1.165, 1.54) is 6.92 Å². The van der Waals surface area contributed by atoms with Gasteiger partial charge in [-0.05, 0) is 37.5 Å². The first-order chi connectivity index (χ1) is 6.45. The molecule has 14 heavy (non-hydrogen) atoms. The monoisotopic (exact) mass is 192 g/mol. The van der Waals surface area contributed by atoms with Gasteiger partial charge in [-0.15, -0.1) is 0 Å². The summed E-state index contributed by atoms with van der Waals surface area (Å²) >= 11 is 0. The third kappa shape index (κ3) is 1.77. The summed E-state index contributed by atoms with van der Waals surface area (Å²) < 4.78 is 0. The summed E-state index contributed by atoms with van der Waals surface area (Å²) in [5, 5.41) is 0. The van der Waals surface area contributed by atoms with Crippen molar-refractivity contribution < 1.29 is 4.79 Å². The molecule has 0 bridgehead atoms. The number of rotatable bonds is 2. The smallest absolute Gasteiger partial charge is 0.151 e. The molecule has 0 aliphatic rings. The van der Waals surface area contributed by atoms with Crippen LogP contribution in [0.3, 0.4) is 0 Å². The molecule has 1 unspecified atom stereocenters. The normalized spacial score (nSPS) is 12.6. The van der Waals surface area contributed by atoms with Crippen LogP contribution in [-0.4, -0.2) is 5.78 Å². The molecule has 76 valence electrons. The highest BCUT2D eigenvalue weighted by atomic mass is 16.1. The van der Waals surface area contributed by atoms with Crippen molar-refractivity contribution in [2.45, 2.75) is 26.8 Å². The lowest BCUT2D eigenvalue weighted by Crippen LogP contribution is -2.20. The summed E-state index contributed by atoms with van der Waals surface area (Å²) in [6.45, 7) is 5.38. The van der Waals surface area contributed by atoms with E-state index in [1.807, 2.05) is 26.0 Å². The fourth-order valence-electron chi connectivity index (χ4n) is 1.35. The van der Waals surface area contributed by atoms with Crippen molar-refractivity contribution in [1.29, 1.82) is 0 Å². The molecule has 3 nitrogen and oxygen atoms in total. The van der Waals surface area contributed by atoms with E-state index >= 15 is 0 Å². The van der Waals surface area contributed by atoms with Crippen molar-refractivity contribution in [1.82, 2.24) is 0 Å². The number of aryl methyl sites for hydroxylation is 1. The number of nitrogens with two attached hydrogens (primary N) is 2. The maximum atomic E-state index is 11.1. The molecule has 0 aliphatic heterocycles. The first-order valence-electron chi connectivity index (χ1n) is 4.56. The zero-order valence-corrected chi connectivity index (χ0v) is 8.79. The Hall–Kier alpha value is -1.35. The number of Topliss-reactive ketones (excluding diaryl/α,β-unsaturated/α-hetero) is 1. The number of carbonyl (C=O) groups is 1. The second-order valence-corrected chi connectivity index (χ2v) is 3.60. The van der Waals surface area contributed by atoms with Gasteiger partial charge in [-0.2, -0.15) is 0 Å². The van der Waals surface area contributed by atoms with Gasteiger partial charge in [-0.1, -0.05) is 12.1 Å². The van der Waals surface area contributed by atoms with Crippen LogP contribution in [0.2, 0.25) is 0 Å². The quantitative estimate of drug-likeness (QED) is 0.697.